The molecule has 0 atom stereocenters. The zero-order chi connectivity index (χ0) is 13.7. The fourth-order valence-corrected chi connectivity index (χ4v) is 1.60. The summed E-state index contributed by atoms with van der Waals surface area (Å²) in [6.07, 6.45) is 1.69. The molecule has 0 aliphatic heterocycles. The van der Waals surface area contributed by atoms with Gasteiger partial charge in [0.25, 0.3) is 0 Å². The second-order valence-electron chi connectivity index (χ2n) is 3.99. The number of pyridine rings is 1. The lowest BCUT2D eigenvalue weighted by Crippen LogP contribution is -2.00. The van der Waals surface area contributed by atoms with E-state index < -0.39 is 0 Å². The van der Waals surface area contributed by atoms with Crippen LogP contribution in [0, 0.1) is 0 Å². The van der Waals surface area contributed by atoms with E-state index >= 15 is 0 Å². The highest BCUT2D eigenvalue weighted by molar-refractivity contribution is 5.45. The van der Waals surface area contributed by atoms with Gasteiger partial charge in [0.1, 0.15) is 0 Å². The number of nitrogens with one attached hydrogen (secondary N) is 1. The van der Waals surface area contributed by atoms with Gasteiger partial charge in [-0.3, -0.25) is 0 Å². The molecule has 1 aromatic heterocycles. The molecule has 0 unspecified atom stereocenters. The van der Waals surface area contributed by atoms with E-state index in [0.717, 1.165) is 11.3 Å². The Morgan fingerprint density at radius 1 is 1.16 bits per heavy atom. The molecule has 0 fully saturated rings. The van der Waals surface area contributed by atoms with Crippen molar-refractivity contribution < 1.29 is 14.9 Å². The third-order valence-electron chi connectivity index (χ3n) is 2.57. The van der Waals surface area contributed by atoms with E-state index in [-0.39, 0.29) is 11.5 Å². The van der Waals surface area contributed by atoms with Gasteiger partial charge >= 0.3 is 0 Å². The molecule has 3 N–H and O–H groups in total. The average molecular weight is 260 g/mol. The highest BCUT2D eigenvalue weighted by Gasteiger charge is 2.01. The van der Waals surface area contributed by atoms with Crippen LogP contribution in [0.2, 0.25) is 0 Å². The minimum absolute atomic E-state index is 0.119. The number of nitrogens with zero attached hydrogens (tertiary/aromatic N) is 1. The summed E-state index contributed by atoms with van der Waals surface area (Å²) in [7, 11) is 0. The van der Waals surface area contributed by atoms with Crippen LogP contribution in [-0.2, 0) is 6.54 Å². The minimum atomic E-state index is -0.121. The largest absolute Gasteiger partial charge is 0.504 e. The lowest BCUT2D eigenvalue weighted by molar-refractivity contribution is 0.327. The average Bonchev–Trinajstić information content (AvgIpc) is 2.42. The number of benzene rings is 1. The van der Waals surface area contributed by atoms with Crippen LogP contribution in [0.1, 0.15) is 12.5 Å². The summed E-state index contributed by atoms with van der Waals surface area (Å²) in [5.74, 6) is 0.353. The molecule has 0 aliphatic rings. The number of aromatic hydroxyl groups is 2. The quantitative estimate of drug-likeness (QED) is 0.720. The van der Waals surface area contributed by atoms with E-state index in [1.807, 2.05) is 13.0 Å². The van der Waals surface area contributed by atoms with Crippen LogP contribution in [0.4, 0.5) is 5.69 Å². The number of hydrogen-bond acceptors (Lipinski definition) is 5. The van der Waals surface area contributed by atoms with Gasteiger partial charge in [0.15, 0.2) is 11.5 Å². The smallest absolute Gasteiger partial charge is 0.213 e. The second-order valence-corrected chi connectivity index (χ2v) is 3.99. The molecule has 0 saturated carbocycles. The minimum Gasteiger partial charge on any atom is -0.504 e. The van der Waals surface area contributed by atoms with Crippen LogP contribution in [0.15, 0.2) is 36.5 Å². The van der Waals surface area contributed by atoms with Crippen molar-refractivity contribution in [2.75, 3.05) is 11.9 Å². The molecule has 0 spiro atoms. The lowest BCUT2D eigenvalue weighted by Gasteiger charge is -2.08. The molecule has 2 rings (SSSR count). The summed E-state index contributed by atoms with van der Waals surface area (Å²) in [4.78, 5) is 4.14. The Bertz CT molecular complexity index is 541. The van der Waals surface area contributed by atoms with Gasteiger partial charge < -0.3 is 20.3 Å². The zero-order valence-electron chi connectivity index (χ0n) is 10.6. The van der Waals surface area contributed by atoms with Crippen molar-refractivity contribution in [3.8, 4) is 17.4 Å². The highest BCUT2D eigenvalue weighted by atomic mass is 16.5. The van der Waals surface area contributed by atoms with Crippen LogP contribution >= 0.6 is 0 Å². The van der Waals surface area contributed by atoms with Gasteiger partial charge in [-0.15, -0.1) is 0 Å². The van der Waals surface area contributed by atoms with E-state index in [9.17, 15) is 10.2 Å². The summed E-state index contributed by atoms with van der Waals surface area (Å²) in [6.45, 7) is 3.03. The fraction of sp³-hybridized carbons (Fsp3) is 0.214. The first kappa shape index (κ1) is 13.0. The summed E-state index contributed by atoms with van der Waals surface area (Å²) in [5.41, 5.74) is 1.72. The van der Waals surface area contributed by atoms with Gasteiger partial charge in [-0.05, 0) is 30.7 Å². The van der Waals surface area contributed by atoms with Gasteiger partial charge in [0.2, 0.25) is 5.88 Å². The number of phenolic OH excluding ortho intramolecular Hbond substituents is 2. The topological polar surface area (TPSA) is 74.6 Å². The van der Waals surface area contributed by atoms with Crippen molar-refractivity contribution in [3.63, 3.8) is 0 Å². The van der Waals surface area contributed by atoms with Gasteiger partial charge in [-0.2, -0.15) is 0 Å². The normalized spacial score (nSPS) is 10.2. The molecule has 0 aliphatic carbocycles. The van der Waals surface area contributed by atoms with Gasteiger partial charge in [0, 0.05) is 12.6 Å². The van der Waals surface area contributed by atoms with E-state index in [0.29, 0.717) is 19.0 Å². The predicted octanol–water partition coefficient (Wildman–Crippen LogP) is 2.50. The maximum Gasteiger partial charge on any atom is 0.213 e. The molecule has 19 heavy (non-hydrogen) atoms. The first-order valence-corrected chi connectivity index (χ1v) is 6.02. The molecule has 5 heteroatoms. The molecule has 1 aromatic carbocycles. The van der Waals surface area contributed by atoms with Gasteiger partial charge in [0.05, 0.1) is 18.5 Å². The van der Waals surface area contributed by atoms with Gasteiger partial charge in [-0.1, -0.05) is 6.07 Å². The maximum atomic E-state index is 9.39. The first-order valence-electron chi connectivity index (χ1n) is 6.02. The number of phenols is 2. The number of aromatic nitrogens is 1. The molecule has 0 radical (unpaired) electrons. The summed E-state index contributed by atoms with van der Waals surface area (Å²) < 4.78 is 5.25. The SMILES string of the molecule is CCOc1ccc(NCc2ccc(O)c(O)c2)cn1. The van der Waals surface area contributed by atoms with E-state index in [4.69, 9.17) is 4.74 Å². The van der Waals surface area contributed by atoms with Crippen LogP contribution in [-0.4, -0.2) is 21.8 Å². The molecule has 0 bridgehead atoms. The Hall–Kier alpha value is -2.43. The summed E-state index contributed by atoms with van der Waals surface area (Å²) >= 11 is 0. The first-order chi connectivity index (χ1) is 9.19. The van der Waals surface area contributed by atoms with Gasteiger partial charge in [-0.25, -0.2) is 4.98 Å². The van der Waals surface area contributed by atoms with Crippen LogP contribution < -0.4 is 10.1 Å². The molecular formula is C14H16N2O3. The Morgan fingerprint density at radius 2 is 2.00 bits per heavy atom. The van der Waals surface area contributed by atoms with Crippen LogP contribution in [0.25, 0.3) is 0 Å². The van der Waals surface area contributed by atoms with E-state index in [2.05, 4.69) is 10.3 Å². The lowest BCUT2D eigenvalue weighted by atomic mass is 10.2. The van der Waals surface area contributed by atoms with Crippen molar-refractivity contribution in [3.05, 3.63) is 42.1 Å². The van der Waals surface area contributed by atoms with Crippen molar-refractivity contribution in [1.29, 1.82) is 0 Å². The van der Waals surface area contributed by atoms with Crippen molar-refractivity contribution in [1.82, 2.24) is 4.98 Å². The molecule has 0 amide bonds. The Morgan fingerprint density at radius 3 is 2.63 bits per heavy atom. The molecular weight excluding hydrogens is 244 g/mol. The number of hydrogen-bond donors (Lipinski definition) is 3. The zero-order valence-corrected chi connectivity index (χ0v) is 10.6. The number of rotatable bonds is 5. The third kappa shape index (κ3) is 3.51. The van der Waals surface area contributed by atoms with Crippen LogP contribution in [0.5, 0.6) is 17.4 Å². The standard InChI is InChI=1S/C14H16N2O3/c1-2-19-14-6-4-11(9-16-14)15-8-10-3-5-12(17)13(18)7-10/h3-7,9,15,17-18H,2,8H2,1H3. The second kappa shape index (κ2) is 5.95. The molecule has 1 heterocycles. The Balaban J connectivity index is 1.96. The fourth-order valence-electron chi connectivity index (χ4n) is 1.60. The van der Waals surface area contributed by atoms with E-state index in [1.165, 1.54) is 12.1 Å². The van der Waals surface area contributed by atoms with Crippen LogP contribution in [0.3, 0.4) is 0 Å². The molecule has 0 saturated heterocycles. The predicted molar refractivity (Wildman–Crippen MR) is 72.5 cm³/mol. The number of anilines is 1. The molecule has 5 nitrogen and oxygen atoms in total. The third-order valence-corrected chi connectivity index (χ3v) is 2.57. The Kier molecular flexibility index (Phi) is 4.07. The van der Waals surface area contributed by atoms with E-state index in [1.54, 1.807) is 18.3 Å². The number of ether oxygens (including phenoxy) is 1. The maximum absolute atomic E-state index is 9.39. The molecule has 100 valence electrons. The Labute approximate surface area is 111 Å². The van der Waals surface area contributed by atoms with Crippen molar-refractivity contribution in [2.24, 2.45) is 0 Å². The monoisotopic (exact) mass is 260 g/mol. The summed E-state index contributed by atoms with van der Waals surface area (Å²) in [6, 6.07) is 8.38. The highest BCUT2D eigenvalue weighted by Crippen LogP contribution is 2.25. The molecule has 2 aromatic rings. The summed E-state index contributed by atoms with van der Waals surface area (Å²) in [5, 5.41) is 21.8. The van der Waals surface area contributed by atoms with Crippen molar-refractivity contribution in [2.45, 2.75) is 13.5 Å². The van der Waals surface area contributed by atoms with Crippen molar-refractivity contribution >= 4 is 5.69 Å².